The summed E-state index contributed by atoms with van der Waals surface area (Å²) in [4.78, 5) is 19.5. The Bertz CT molecular complexity index is 970. The van der Waals surface area contributed by atoms with Gasteiger partial charge in [0.1, 0.15) is 5.65 Å². The highest BCUT2D eigenvalue weighted by molar-refractivity contribution is 6.07. The van der Waals surface area contributed by atoms with Gasteiger partial charge in [0, 0.05) is 29.2 Å². The number of benzene rings is 1. The first-order valence-corrected chi connectivity index (χ1v) is 6.71. The van der Waals surface area contributed by atoms with Gasteiger partial charge >= 0.3 is 5.69 Å². The third-order valence-electron chi connectivity index (χ3n) is 3.61. The zero-order chi connectivity index (χ0) is 15.1. The van der Waals surface area contributed by atoms with Crippen molar-refractivity contribution in [1.29, 1.82) is 0 Å². The molecule has 0 radical (unpaired) electrons. The Labute approximate surface area is 124 Å². The van der Waals surface area contributed by atoms with Gasteiger partial charge in [-0.2, -0.15) is 0 Å². The topological polar surface area (TPSA) is 73.8 Å². The van der Waals surface area contributed by atoms with Gasteiger partial charge in [0.15, 0.2) is 0 Å². The highest BCUT2D eigenvalue weighted by Crippen LogP contribution is 2.32. The lowest BCUT2D eigenvalue weighted by atomic mass is 10.2. The first-order chi connectivity index (χ1) is 10.8. The molecule has 0 amide bonds. The summed E-state index contributed by atoms with van der Waals surface area (Å²) in [6.07, 6.45) is 3.22. The summed E-state index contributed by atoms with van der Waals surface area (Å²) >= 11 is 0. The second-order valence-corrected chi connectivity index (χ2v) is 4.83. The van der Waals surface area contributed by atoms with E-state index in [4.69, 9.17) is 0 Å². The average Bonchev–Trinajstić information content (AvgIpc) is 2.89. The fourth-order valence-corrected chi connectivity index (χ4v) is 2.71. The summed E-state index contributed by atoms with van der Waals surface area (Å²) in [6.45, 7) is 0. The molecule has 106 valence electrons. The molecule has 0 atom stereocenters. The van der Waals surface area contributed by atoms with E-state index in [-0.39, 0.29) is 11.5 Å². The van der Waals surface area contributed by atoms with E-state index in [1.807, 2.05) is 36.4 Å². The minimum absolute atomic E-state index is 0.0455. The van der Waals surface area contributed by atoms with Crippen LogP contribution in [0.25, 0.3) is 27.8 Å². The van der Waals surface area contributed by atoms with E-state index < -0.39 is 4.92 Å². The Morgan fingerprint density at radius 3 is 2.50 bits per heavy atom. The van der Waals surface area contributed by atoms with Crippen LogP contribution in [0, 0.1) is 10.1 Å². The quantitative estimate of drug-likeness (QED) is 0.418. The van der Waals surface area contributed by atoms with Crippen molar-refractivity contribution in [3.05, 3.63) is 71.0 Å². The monoisotopic (exact) mass is 290 g/mol. The van der Waals surface area contributed by atoms with Crippen LogP contribution in [0.5, 0.6) is 0 Å². The zero-order valence-corrected chi connectivity index (χ0v) is 11.4. The molecule has 0 aliphatic heterocycles. The van der Waals surface area contributed by atoms with Gasteiger partial charge in [-0.1, -0.05) is 18.2 Å². The largest absolute Gasteiger partial charge is 0.312 e. The molecule has 0 N–H and O–H groups in total. The number of fused-ring (bicyclic) bond motifs is 3. The minimum atomic E-state index is -0.425. The van der Waals surface area contributed by atoms with Crippen molar-refractivity contribution in [3.63, 3.8) is 0 Å². The Kier molecular flexibility index (Phi) is 2.62. The van der Waals surface area contributed by atoms with Crippen molar-refractivity contribution in [2.75, 3.05) is 0 Å². The van der Waals surface area contributed by atoms with Crippen molar-refractivity contribution >= 4 is 27.6 Å². The van der Waals surface area contributed by atoms with Crippen LogP contribution in [0.4, 0.5) is 5.69 Å². The summed E-state index contributed by atoms with van der Waals surface area (Å²) in [5.74, 6) is 0.275. The maximum atomic E-state index is 11.3. The van der Waals surface area contributed by atoms with Crippen LogP contribution in [0.3, 0.4) is 0 Å². The van der Waals surface area contributed by atoms with Gasteiger partial charge in [-0.25, -0.2) is 9.97 Å². The maximum Gasteiger partial charge on any atom is 0.312 e. The van der Waals surface area contributed by atoms with E-state index >= 15 is 0 Å². The smallest absolute Gasteiger partial charge is 0.272 e. The molecular formula is C16H10N4O2. The average molecular weight is 290 g/mol. The molecule has 3 aromatic heterocycles. The van der Waals surface area contributed by atoms with Crippen molar-refractivity contribution in [2.45, 2.75) is 0 Å². The maximum absolute atomic E-state index is 11.3. The first kappa shape index (κ1) is 12.5. The summed E-state index contributed by atoms with van der Waals surface area (Å²) in [5, 5.41) is 13.3. The molecule has 4 rings (SSSR count). The van der Waals surface area contributed by atoms with Crippen LogP contribution in [0.15, 0.2) is 60.9 Å². The lowest BCUT2D eigenvalue weighted by Gasteiger charge is -2.05. The van der Waals surface area contributed by atoms with Gasteiger partial charge in [0.2, 0.25) is 5.82 Å². The van der Waals surface area contributed by atoms with E-state index in [0.29, 0.717) is 5.65 Å². The van der Waals surface area contributed by atoms with Crippen LogP contribution < -0.4 is 0 Å². The molecule has 3 heterocycles. The van der Waals surface area contributed by atoms with Crippen LogP contribution in [0.2, 0.25) is 0 Å². The van der Waals surface area contributed by atoms with Gasteiger partial charge < -0.3 is 0 Å². The number of rotatable bonds is 2. The fourth-order valence-electron chi connectivity index (χ4n) is 2.71. The van der Waals surface area contributed by atoms with Crippen LogP contribution >= 0.6 is 0 Å². The van der Waals surface area contributed by atoms with Crippen LogP contribution in [-0.2, 0) is 0 Å². The molecule has 0 fully saturated rings. The van der Waals surface area contributed by atoms with E-state index in [9.17, 15) is 10.1 Å². The zero-order valence-electron chi connectivity index (χ0n) is 11.4. The van der Waals surface area contributed by atoms with Crippen LogP contribution in [-0.4, -0.2) is 19.5 Å². The predicted molar refractivity (Wildman–Crippen MR) is 83.0 cm³/mol. The van der Waals surface area contributed by atoms with Crippen LogP contribution in [0.1, 0.15) is 0 Å². The number of hydrogen-bond donors (Lipinski definition) is 0. The van der Waals surface area contributed by atoms with E-state index in [2.05, 4.69) is 9.97 Å². The lowest BCUT2D eigenvalue weighted by molar-refractivity contribution is -0.384. The van der Waals surface area contributed by atoms with E-state index in [1.165, 1.54) is 6.07 Å². The molecule has 0 bridgehead atoms. The Hall–Kier alpha value is -3.28. The van der Waals surface area contributed by atoms with Gasteiger partial charge in [0.05, 0.1) is 10.4 Å². The van der Waals surface area contributed by atoms with Crippen molar-refractivity contribution < 1.29 is 4.92 Å². The third kappa shape index (κ3) is 1.67. The molecule has 6 nitrogen and oxygen atoms in total. The number of para-hydroxylation sites is 1. The van der Waals surface area contributed by atoms with Gasteiger partial charge in [-0.05, 0) is 24.3 Å². The molecule has 0 unspecified atom stereocenters. The van der Waals surface area contributed by atoms with Gasteiger partial charge in [-0.3, -0.25) is 14.7 Å². The van der Waals surface area contributed by atoms with Crippen molar-refractivity contribution in [3.8, 4) is 5.82 Å². The molecule has 0 spiro atoms. The van der Waals surface area contributed by atoms with Crippen molar-refractivity contribution in [1.82, 2.24) is 14.5 Å². The Balaban J connectivity index is 2.21. The summed E-state index contributed by atoms with van der Waals surface area (Å²) in [6, 6.07) is 14.5. The van der Waals surface area contributed by atoms with Gasteiger partial charge in [0.25, 0.3) is 0 Å². The molecule has 22 heavy (non-hydrogen) atoms. The summed E-state index contributed by atoms with van der Waals surface area (Å²) in [7, 11) is 0. The second kappa shape index (κ2) is 4.63. The molecule has 4 aromatic rings. The standard InChI is InChI=1S/C16H10N4O2/c21-20(22)14-8-4-10-18-16(14)19-13-7-2-1-5-11(13)12-6-3-9-17-15(12)19/h1-10H. The SMILES string of the molecule is O=[N+]([O-])c1cccnc1-n1c2ccccc2c2cccnc21. The highest BCUT2D eigenvalue weighted by Gasteiger charge is 2.21. The number of nitrogens with zero attached hydrogens (tertiary/aromatic N) is 4. The molecule has 0 saturated heterocycles. The van der Waals surface area contributed by atoms with E-state index in [0.717, 1.165) is 16.3 Å². The number of hydrogen-bond acceptors (Lipinski definition) is 4. The Morgan fingerprint density at radius 1 is 0.909 bits per heavy atom. The second-order valence-electron chi connectivity index (χ2n) is 4.83. The fraction of sp³-hybridized carbons (Fsp3) is 0. The normalized spacial score (nSPS) is 11.1. The van der Waals surface area contributed by atoms with Gasteiger partial charge in [-0.15, -0.1) is 0 Å². The molecule has 1 aromatic carbocycles. The lowest BCUT2D eigenvalue weighted by Crippen LogP contribution is -2.03. The molecular weight excluding hydrogens is 280 g/mol. The number of pyridine rings is 2. The Morgan fingerprint density at radius 2 is 1.64 bits per heavy atom. The molecule has 0 saturated carbocycles. The van der Waals surface area contributed by atoms with E-state index in [1.54, 1.807) is 23.0 Å². The predicted octanol–water partition coefficient (Wildman–Crippen LogP) is 3.48. The molecule has 6 heteroatoms. The number of nitro groups is 1. The first-order valence-electron chi connectivity index (χ1n) is 6.71. The minimum Gasteiger partial charge on any atom is -0.272 e. The third-order valence-corrected chi connectivity index (χ3v) is 3.61. The highest BCUT2D eigenvalue weighted by atomic mass is 16.6. The summed E-state index contributed by atoms with van der Waals surface area (Å²) in [5.41, 5.74) is 1.46. The summed E-state index contributed by atoms with van der Waals surface area (Å²) < 4.78 is 1.74. The number of aromatic nitrogens is 3. The molecule has 0 aliphatic carbocycles. The van der Waals surface area contributed by atoms with Crippen molar-refractivity contribution in [2.24, 2.45) is 0 Å². The molecule has 0 aliphatic rings.